The topological polar surface area (TPSA) is 69.8 Å². The van der Waals surface area contributed by atoms with E-state index in [1.165, 1.54) is 22.4 Å². The lowest BCUT2D eigenvalue weighted by Gasteiger charge is -2.26. The van der Waals surface area contributed by atoms with Gasteiger partial charge in [0, 0.05) is 42.2 Å². The van der Waals surface area contributed by atoms with Crippen molar-refractivity contribution >= 4 is 21.1 Å². The van der Waals surface area contributed by atoms with E-state index in [4.69, 9.17) is 0 Å². The van der Waals surface area contributed by atoms with Gasteiger partial charge in [-0.1, -0.05) is 38.0 Å². The summed E-state index contributed by atoms with van der Waals surface area (Å²) in [5.41, 5.74) is 3.36. The van der Waals surface area contributed by atoms with E-state index in [2.05, 4.69) is 23.1 Å². The summed E-state index contributed by atoms with van der Waals surface area (Å²) in [6, 6.07) is 10.6. The van der Waals surface area contributed by atoms with Crippen LogP contribution >= 0.6 is 0 Å². The van der Waals surface area contributed by atoms with Gasteiger partial charge in [0.15, 0.2) is 5.65 Å². The summed E-state index contributed by atoms with van der Waals surface area (Å²) < 4.78 is 29.9. The average Bonchev–Trinajstić information content (AvgIpc) is 3.37. The smallest absolute Gasteiger partial charge is 0.269 e. The minimum Gasteiger partial charge on any atom is -0.275 e. The summed E-state index contributed by atoms with van der Waals surface area (Å²) in [6.07, 6.45) is 12.0. The molecule has 0 aliphatic heterocycles. The van der Waals surface area contributed by atoms with Crippen LogP contribution in [-0.4, -0.2) is 27.2 Å². The van der Waals surface area contributed by atoms with Crippen LogP contribution in [0, 0.1) is 5.92 Å². The molecule has 1 saturated carbocycles. The minimum absolute atomic E-state index is 0.247. The highest BCUT2D eigenvalue weighted by Gasteiger charge is 2.26. The number of aryl methyl sites for hydroxylation is 1. The second-order valence-corrected chi connectivity index (χ2v) is 10.5. The van der Waals surface area contributed by atoms with Crippen LogP contribution in [0.2, 0.25) is 0 Å². The first-order valence-corrected chi connectivity index (χ1v) is 12.2. The van der Waals surface area contributed by atoms with E-state index in [0.717, 1.165) is 29.4 Å². The summed E-state index contributed by atoms with van der Waals surface area (Å²) in [5.74, 6) is 1.17. The Hall–Kier alpha value is -2.93. The molecule has 0 amide bonds. The third-order valence-corrected chi connectivity index (χ3v) is 8.02. The first-order valence-electron chi connectivity index (χ1n) is 10.7. The molecular formula is C24H26N4O2S. The molecular weight excluding hydrogens is 408 g/mol. The van der Waals surface area contributed by atoms with Gasteiger partial charge < -0.3 is 0 Å². The zero-order valence-electron chi connectivity index (χ0n) is 17.8. The van der Waals surface area contributed by atoms with Crippen LogP contribution in [0.4, 0.5) is 0 Å². The molecule has 0 radical (unpaired) electrons. The third-order valence-electron chi connectivity index (χ3n) is 6.36. The highest BCUT2D eigenvalue weighted by Crippen LogP contribution is 2.39. The molecule has 160 valence electrons. The maximum Gasteiger partial charge on any atom is 0.269 e. The molecule has 0 spiro atoms. The fraction of sp³-hybridized carbons (Fsp3) is 0.333. The molecule has 1 aliphatic carbocycles. The number of fused-ring (bicyclic) bond motifs is 1. The van der Waals surface area contributed by atoms with Crippen molar-refractivity contribution in [2.24, 2.45) is 13.0 Å². The van der Waals surface area contributed by atoms with Crippen molar-refractivity contribution in [3.05, 3.63) is 66.7 Å². The fourth-order valence-electron chi connectivity index (χ4n) is 4.74. The molecule has 31 heavy (non-hydrogen) atoms. The van der Waals surface area contributed by atoms with Gasteiger partial charge in [-0.25, -0.2) is 17.4 Å². The Morgan fingerprint density at radius 2 is 1.87 bits per heavy atom. The number of aromatic nitrogens is 4. The maximum absolute atomic E-state index is 13.4. The Kier molecular flexibility index (Phi) is 4.93. The van der Waals surface area contributed by atoms with Gasteiger partial charge in [-0.3, -0.25) is 4.68 Å². The summed E-state index contributed by atoms with van der Waals surface area (Å²) in [4.78, 5) is 4.93. The third kappa shape index (κ3) is 3.57. The van der Waals surface area contributed by atoms with Crippen molar-refractivity contribution in [1.82, 2.24) is 18.7 Å². The van der Waals surface area contributed by atoms with Gasteiger partial charge in [0.1, 0.15) is 0 Å². The molecule has 2 atom stereocenters. The standard InChI is InChI=1S/C24H26N4O2S/c1-17-7-6-8-18(11-17)19-12-22-23(20-14-26-27(2)15-20)16-28(24(22)25-13-19)31(29,30)21-9-4-3-5-10-21/h3-5,9-10,12-18H,6-8,11H2,1-2H3. The van der Waals surface area contributed by atoms with Crippen molar-refractivity contribution in [2.75, 3.05) is 0 Å². The number of pyridine rings is 1. The van der Waals surface area contributed by atoms with E-state index >= 15 is 0 Å². The number of hydrogen-bond acceptors (Lipinski definition) is 4. The highest BCUT2D eigenvalue weighted by molar-refractivity contribution is 7.90. The lowest BCUT2D eigenvalue weighted by Crippen LogP contribution is -2.13. The lowest BCUT2D eigenvalue weighted by atomic mass is 9.79. The Labute approximate surface area is 182 Å². The Balaban J connectivity index is 1.71. The van der Waals surface area contributed by atoms with Gasteiger partial charge in [-0.2, -0.15) is 5.10 Å². The van der Waals surface area contributed by atoms with Crippen LogP contribution in [0.5, 0.6) is 0 Å². The van der Waals surface area contributed by atoms with Crippen molar-refractivity contribution < 1.29 is 8.42 Å². The molecule has 1 aliphatic rings. The van der Waals surface area contributed by atoms with Crippen LogP contribution in [0.15, 0.2) is 66.1 Å². The van der Waals surface area contributed by atoms with E-state index in [-0.39, 0.29) is 4.90 Å². The minimum atomic E-state index is -3.77. The van der Waals surface area contributed by atoms with Crippen LogP contribution in [0.25, 0.3) is 22.2 Å². The summed E-state index contributed by atoms with van der Waals surface area (Å²) in [7, 11) is -1.91. The van der Waals surface area contributed by atoms with Gasteiger partial charge in [0.2, 0.25) is 0 Å². The molecule has 1 fully saturated rings. The van der Waals surface area contributed by atoms with E-state index in [0.29, 0.717) is 17.5 Å². The van der Waals surface area contributed by atoms with E-state index < -0.39 is 10.0 Å². The van der Waals surface area contributed by atoms with Gasteiger partial charge in [-0.15, -0.1) is 0 Å². The predicted molar refractivity (Wildman–Crippen MR) is 121 cm³/mol. The molecule has 3 aromatic heterocycles. The SMILES string of the molecule is CC1CCCC(c2cnc3c(c2)c(-c2cnn(C)c2)cn3S(=O)(=O)c2ccccc2)C1. The van der Waals surface area contributed by atoms with Crippen LogP contribution in [0.3, 0.4) is 0 Å². The van der Waals surface area contributed by atoms with Gasteiger partial charge >= 0.3 is 0 Å². The average molecular weight is 435 g/mol. The molecule has 7 heteroatoms. The van der Waals surface area contributed by atoms with Crippen LogP contribution in [-0.2, 0) is 17.1 Å². The molecule has 5 rings (SSSR count). The number of nitrogens with zero attached hydrogens (tertiary/aromatic N) is 4. The summed E-state index contributed by atoms with van der Waals surface area (Å²) >= 11 is 0. The largest absolute Gasteiger partial charge is 0.275 e. The second kappa shape index (κ2) is 7.64. The number of benzene rings is 1. The fourth-order valence-corrected chi connectivity index (χ4v) is 6.08. The van der Waals surface area contributed by atoms with E-state index in [9.17, 15) is 8.42 Å². The Bertz CT molecular complexity index is 1340. The van der Waals surface area contributed by atoms with Crippen LogP contribution in [0.1, 0.15) is 44.1 Å². The van der Waals surface area contributed by atoms with E-state index in [1.54, 1.807) is 41.3 Å². The second-order valence-electron chi connectivity index (χ2n) is 8.67. The summed E-state index contributed by atoms with van der Waals surface area (Å²) in [6.45, 7) is 2.31. The molecule has 0 N–H and O–H groups in total. The normalized spacial score (nSPS) is 19.7. The molecule has 1 aromatic carbocycles. The van der Waals surface area contributed by atoms with Gasteiger partial charge in [0.05, 0.1) is 11.1 Å². The monoisotopic (exact) mass is 434 g/mol. The molecule has 2 unspecified atom stereocenters. The first-order chi connectivity index (χ1) is 14.9. The quantitative estimate of drug-likeness (QED) is 0.455. The lowest BCUT2D eigenvalue weighted by molar-refractivity contribution is 0.344. The Morgan fingerprint density at radius 3 is 2.58 bits per heavy atom. The number of hydrogen-bond donors (Lipinski definition) is 0. The van der Waals surface area contributed by atoms with E-state index in [1.807, 2.05) is 25.5 Å². The molecule has 0 saturated heterocycles. The van der Waals surface area contributed by atoms with Crippen LogP contribution < -0.4 is 0 Å². The maximum atomic E-state index is 13.4. The van der Waals surface area contributed by atoms with Crippen molar-refractivity contribution in [3.63, 3.8) is 0 Å². The van der Waals surface area contributed by atoms with Gasteiger partial charge in [-0.05, 0) is 48.4 Å². The molecule has 6 nitrogen and oxygen atoms in total. The van der Waals surface area contributed by atoms with Crippen molar-refractivity contribution in [3.8, 4) is 11.1 Å². The zero-order valence-corrected chi connectivity index (χ0v) is 18.6. The first kappa shape index (κ1) is 20.0. The Morgan fingerprint density at radius 1 is 1.06 bits per heavy atom. The molecule has 4 aromatic rings. The number of rotatable bonds is 4. The van der Waals surface area contributed by atoms with Crippen molar-refractivity contribution in [2.45, 2.75) is 43.4 Å². The summed E-state index contributed by atoms with van der Waals surface area (Å²) in [5, 5.41) is 5.14. The zero-order chi connectivity index (χ0) is 21.6. The highest BCUT2D eigenvalue weighted by atomic mass is 32.2. The molecule has 0 bridgehead atoms. The van der Waals surface area contributed by atoms with Gasteiger partial charge in [0.25, 0.3) is 10.0 Å². The van der Waals surface area contributed by atoms with Crippen molar-refractivity contribution in [1.29, 1.82) is 0 Å². The predicted octanol–water partition coefficient (Wildman–Crippen LogP) is 4.97. The molecule has 3 heterocycles.